The Morgan fingerprint density at radius 1 is 1.27 bits per heavy atom. The molecule has 0 aliphatic heterocycles. The molecular weight excluding hydrogens is 211 g/mol. The number of carbonyl (C=O) groups is 1. The molecule has 1 rings (SSSR count). The number of rotatable bonds is 4. The smallest absolute Gasteiger partial charge is 0.330 e. The first-order chi connectivity index (χ1) is 7.04. The van der Waals surface area contributed by atoms with Gasteiger partial charge in [-0.05, 0) is 5.56 Å². The number of hydrogen-bond acceptors (Lipinski definition) is 2. The molecule has 82 valence electrons. The van der Waals surface area contributed by atoms with Crippen LogP contribution in [0.4, 0.5) is 13.4 Å². The van der Waals surface area contributed by atoms with E-state index < -0.39 is 23.5 Å². The monoisotopic (exact) mass is 219 g/mol. The van der Waals surface area contributed by atoms with Crippen LogP contribution in [-0.2, 0) is 4.79 Å². The van der Waals surface area contributed by atoms with Crippen LogP contribution in [0.15, 0.2) is 30.3 Å². The summed E-state index contributed by atoms with van der Waals surface area (Å²) in [6, 6.07) is 4.50. The van der Waals surface area contributed by atoms with Gasteiger partial charge < -0.3 is 5.11 Å². The summed E-state index contributed by atoms with van der Waals surface area (Å²) >= 11 is 0. The average Bonchev–Trinajstić information content (AvgIpc) is 2.18. The van der Waals surface area contributed by atoms with E-state index in [0.29, 0.717) is 0 Å². The molecule has 0 saturated heterocycles. The SMILES string of the molecule is O=C(O)[C@@H](C(F)c1ccccc1)N(F)F. The first kappa shape index (κ1) is 11.5. The van der Waals surface area contributed by atoms with E-state index in [0.717, 1.165) is 0 Å². The normalized spacial score (nSPS) is 14.9. The zero-order valence-electron chi connectivity index (χ0n) is 7.48. The summed E-state index contributed by atoms with van der Waals surface area (Å²) in [6.45, 7) is 0. The largest absolute Gasteiger partial charge is 0.480 e. The van der Waals surface area contributed by atoms with Crippen molar-refractivity contribution < 1.29 is 23.3 Å². The third kappa shape index (κ3) is 2.69. The Balaban J connectivity index is 2.91. The fourth-order valence-corrected chi connectivity index (χ4v) is 1.13. The summed E-state index contributed by atoms with van der Waals surface area (Å²) in [5.41, 5.74) is -0.0924. The predicted octanol–water partition coefficient (Wildman–Crippen LogP) is 2.22. The third-order valence-corrected chi connectivity index (χ3v) is 1.86. The molecule has 0 aliphatic carbocycles. The summed E-state index contributed by atoms with van der Waals surface area (Å²) < 4.78 is 37.6. The number of alkyl halides is 1. The maximum absolute atomic E-state index is 13.4. The molecule has 3 nitrogen and oxygen atoms in total. The fourth-order valence-electron chi connectivity index (χ4n) is 1.13. The van der Waals surface area contributed by atoms with Crippen molar-refractivity contribution in [3.8, 4) is 0 Å². The fraction of sp³-hybridized carbons (Fsp3) is 0.222. The van der Waals surface area contributed by atoms with Gasteiger partial charge in [-0.3, -0.25) is 4.79 Å². The van der Waals surface area contributed by atoms with Crippen molar-refractivity contribution in [1.29, 1.82) is 0 Å². The summed E-state index contributed by atoms with van der Waals surface area (Å²) in [7, 11) is 0. The zero-order chi connectivity index (χ0) is 11.4. The number of aliphatic carboxylic acids is 1. The Hall–Kier alpha value is -1.56. The lowest BCUT2D eigenvalue weighted by atomic mass is 10.0. The molecule has 1 aromatic carbocycles. The highest BCUT2D eigenvalue weighted by Gasteiger charge is 2.36. The lowest BCUT2D eigenvalue weighted by Gasteiger charge is -2.16. The van der Waals surface area contributed by atoms with Gasteiger partial charge >= 0.3 is 5.97 Å². The van der Waals surface area contributed by atoms with Gasteiger partial charge in [-0.25, -0.2) is 4.39 Å². The van der Waals surface area contributed by atoms with Crippen molar-refractivity contribution in [2.75, 3.05) is 0 Å². The number of benzene rings is 1. The van der Waals surface area contributed by atoms with E-state index in [1.807, 2.05) is 0 Å². The molecule has 0 aromatic heterocycles. The second-order valence-electron chi connectivity index (χ2n) is 2.85. The van der Waals surface area contributed by atoms with Crippen LogP contribution in [0.3, 0.4) is 0 Å². The van der Waals surface area contributed by atoms with Crippen molar-refractivity contribution in [2.45, 2.75) is 12.2 Å². The van der Waals surface area contributed by atoms with Gasteiger partial charge in [0.15, 0.2) is 6.17 Å². The summed E-state index contributed by atoms with van der Waals surface area (Å²) in [4.78, 5) is 10.4. The zero-order valence-corrected chi connectivity index (χ0v) is 7.48. The van der Waals surface area contributed by atoms with E-state index in [4.69, 9.17) is 5.11 Å². The third-order valence-electron chi connectivity index (χ3n) is 1.86. The molecule has 1 N–H and O–H groups in total. The molecule has 2 atom stereocenters. The van der Waals surface area contributed by atoms with Crippen LogP contribution in [0.2, 0.25) is 0 Å². The molecule has 0 bridgehead atoms. The predicted molar refractivity (Wildman–Crippen MR) is 45.8 cm³/mol. The van der Waals surface area contributed by atoms with E-state index in [-0.39, 0.29) is 5.56 Å². The topological polar surface area (TPSA) is 40.5 Å². The second-order valence-corrected chi connectivity index (χ2v) is 2.85. The number of nitrogens with zero attached hydrogens (tertiary/aromatic N) is 1. The molecule has 0 aliphatic rings. The van der Waals surface area contributed by atoms with Crippen LogP contribution in [0.1, 0.15) is 11.7 Å². The molecular formula is C9H8F3NO2. The van der Waals surface area contributed by atoms with Gasteiger partial charge in [0.1, 0.15) is 0 Å². The Morgan fingerprint density at radius 2 is 1.80 bits per heavy atom. The number of halogens is 3. The van der Waals surface area contributed by atoms with Crippen molar-refractivity contribution in [1.82, 2.24) is 5.34 Å². The molecule has 0 radical (unpaired) electrons. The van der Waals surface area contributed by atoms with Gasteiger partial charge in [0.25, 0.3) is 0 Å². The van der Waals surface area contributed by atoms with Gasteiger partial charge in [0, 0.05) is 5.34 Å². The Bertz CT molecular complexity index is 331. The highest BCUT2D eigenvalue weighted by molar-refractivity contribution is 5.74. The Labute approximate surface area is 83.6 Å². The molecule has 1 aromatic rings. The number of carboxylic acid groups (broad SMARTS) is 1. The molecule has 15 heavy (non-hydrogen) atoms. The van der Waals surface area contributed by atoms with E-state index in [1.165, 1.54) is 24.3 Å². The highest BCUT2D eigenvalue weighted by Crippen LogP contribution is 2.25. The number of carboxylic acids is 1. The molecule has 0 fully saturated rings. The summed E-state index contributed by atoms with van der Waals surface area (Å²) in [5, 5.41) is 6.77. The van der Waals surface area contributed by atoms with Gasteiger partial charge in [0.2, 0.25) is 6.04 Å². The molecule has 0 heterocycles. The molecule has 0 amide bonds. The second kappa shape index (κ2) is 4.79. The quantitative estimate of drug-likeness (QED) is 0.789. The van der Waals surface area contributed by atoms with Gasteiger partial charge in [0.05, 0.1) is 0 Å². The molecule has 6 heteroatoms. The van der Waals surface area contributed by atoms with Crippen LogP contribution in [0.5, 0.6) is 0 Å². The maximum Gasteiger partial charge on any atom is 0.330 e. The van der Waals surface area contributed by atoms with Crippen LogP contribution in [0, 0.1) is 0 Å². The lowest BCUT2D eigenvalue weighted by Crippen LogP contribution is -2.35. The summed E-state index contributed by atoms with van der Waals surface area (Å²) in [5.74, 6) is -1.91. The van der Waals surface area contributed by atoms with E-state index in [2.05, 4.69) is 0 Å². The average molecular weight is 219 g/mol. The van der Waals surface area contributed by atoms with Crippen LogP contribution in [0.25, 0.3) is 0 Å². The molecule has 1 unspecified atom stereocenters. The van der Waals surface area contributed by atoms with Crippen molar-refractivity contribution in [3.05, 3.63) is 35.9 Å². The Kier molecular flexibility index (Phi) is 3.68. The van der Waals surface area contributed by atoms with Crippen molar-refractivity contribution >= 4 is 5.97 Å². The van der Waals surface area contributed by atoms with E-state index in [1.54, 1.807) is 6.07 Å². The molecule has 0 spiro atoms. The first-order valence-electron chi connectivity index (χ1n) is 4.06. The minimum Gasteiger partial charge on any atom is -0.480 e. The highest BCUT2D eigenvalue weighted by atomic mass is 19.4. The van der Waals surface area contributed by atoms with Crippen LogP contribution in [-0.4, -0.2) is 22.5 Å². The van der Waals surface area contributed by atoms with E-state index >= 15 is 0 Å². The van der Waals surface area contributed by atoms with Crippen LogP contribution < -0.4 is 0 Å². The van der Waals surface area contributed by atoms with E-state index in [9.17, 15) is 18.1 Å². The van der Waals surface area contributed by atoms with Gasteiger partial charge in [-0.15, -0.1) is 8.96 Å². The standard InChI is InChI=1S/C9H8F3NO2/c10-7(6-4-2-1-3-5-6)8(9(14)15)13(11)12/h1-5,7-8H,(H,14,15)/t7?,8-/m1/s1. The van der Waals surface area contributed by atoms with Crippen molar-refractivity contribution in [3.63, 3.8) is 0 Å². The maximum atomic E-state index is 13.4. The molecule has 0 saturated carbocycles. The van der Waals surface area contributed by atoms with Gasteiger partial charge in [-0.1, -0.05) is 30.3 Å². The van der Waals surface area contributed by atoms with Crippen molar-refractivity contribution in [2.24, 2.45) is 0 Å². The lowest BCUT2D eigenvalue weighted by molar-refractivity contribution is -0.213. The van der Waals surface area contributed by atoms with Crippen LogP contribution >= 0.6 is 0 Å². The minimum absolute atomic E-state index is 0.0924. The number of hydrogen-bond donors (Lipinski definition) is 1. The minimum atomic E-state index is -2.48. The first-order valence-corrected chi connectivity index (χ1v) is 4.06. The summed E-state index contributed by atoms with van der Waals surface area (Å²) in [6.07, 6.45) is -2.27. The van der Waals surface area contributed by atoms with Gasteiger partial charge in [-0.2, -0.15) is 0 Å². The Morgan fingerprint density at radius 3 is 2.20 bits per heavy atom.